The second kappa shape index (κ2) is 4.74. The molecule has 2 aromatic carbocycles. The molecule has 2 aromatic rings. The van der Waals surface area contributed by atoms with E-state index in [2.05, 4.69) is 17.3 Å². The molecule has 0 saturated heterocycles. The van der Waals surface area contributed by atoms with E-state index in [0.717, 1.165) is 28.0 Å². The first kappa shape index (κ1) is 13.4. The SMILES string of the molecule is CC(C)(ON=C1c2ccccc2-c2ccccc21)C(N)=O. The van der Waals surface area contributed by atoms with Crippen LogP contribution in [0.1, 0.15) is 25.0 Å². The number of fused-ring (bicyclic) bond motifs is 3. The van der Waals surface area contributed by atoms with Crippen molar-refractivity contribution in [1.82, 2.24) is 0 Å². The second-order valence-electron chi connectivity index (χ2n) is 5.50. The molecule has 1 amide bonds. The smallest absolute Gasteiger partial charge is 0.263 e. The summed E-state index contributed by atoms with van der Waals surface area (Å²) < 4.78 is 0. The molecule has 21 heavy (non-hydrogen) atoms. The lowest BCUT2D eigenvalue weighted by molar-refractivity contribution is -0.139. The Morgan fingerprint density at radius 2 is 1.38 bits per heavy atom. The number of nitrogens with zero attached hydrogens (tertiary/aromatic N) is 1. The Kier molecular flexibility index (Phi) is 3.01. The number of amides is 1. The zero-order chi connectivity index (χ0) is 15.0. The van der Waals surface area contributed by atoms with Crippen LogP contribution in [0.3, 0.4) is 0 Å². The molecule has 0 aromatic heterocycles. The molecule has 0 spiro atoms. The van der Waals surface area contributed by atoms with Crippen molar-refractivity contribution in [2.45, 2.75) is 19.4 Å². The lowest BCUT2D eigenvalue weighted by Gasteiger charge is -2.18. The maximum Gasteiger partial charge on any atom is 0.263 e. The minimum Gasteiger partial charge on any atom is -0.379 e. The summed E-state index contributed by atoms with van der Waals surface area (Å²) in [6.45, 7) is 3.21. The summed E-state index contributed by atoms with van der Waals surface area (Å²) in [4.78, 5) is 16.7. The molecule has 4 nitrogen and oxygen atoms in total. The molecule has 4 heteroatoms. The van der Waals surface area contributed by atoms with Crippen molar-refractivity contribution in [2.24, 2.45) is 10.9 Å². The van der Waals surface area contributed by atoms with Crippen molar-refractivity contribution >= 4 is 11.6 Å². The molecule has 106 valence electrons. The predicted molar refractivity (Wildman–Crippen MR) is 81.9 cm³/mol. The molecule has 0 radical (unpaired) electrons. The maximum absolute atomic E-state index is 11.3. The van der Waals surface area contributed by atoms with E-state index in [0.29, 0.717) is 0 Å². The molecule has 1 aliphatic rings. The molecule has 0 heterocycles. The molecule has 0 saturated carbocycles. The van der Waals surface area contributed by atoms with Crippen LogP contribution in [0.15, 0.2) is 53.7 Å². The van der Waals surface area contributed by atoms with E-state index in [-0.39, 0.29) is 0 Å². The summed E-state index contributed by atoms with van der Waals surface area (Å²) in [7, 11) is 0. The van der Waals surface area contributed by atoms with Crippen molar-refractivity contribution in [2.75, 3.05) is 0 Å². The van der Waals surface area contributed by atoms with Gasteiger partial charge in [-0.05, 0) is 25.0 Å². The van der Waals surface area contributed by atoms with Crippen LogP contribution >= 0.6 is 0 Å². The third-order valence-corrected chi connectivity index (χ3v) is 3.61. The molecule has 0 aliphatic heterocycles. The van der Waals surface area contributed by atoms with Gasteiger partial charge in [-0.15, -0.1) is 0 Å². The Morgan fingerprint density at radius 3 is 1.81 bits per heavy atom. The Balaban J connectivity index is 2.09. The van der Waals surface area contributed by atoms with Gasteiger partial charge in [-0.3, -0.25) is 4.79 Å². The van der Waals surface area contributed by atoms with E-state index < -0.39 is 11.5 Å². The van der Waals surface area contributed by atoms with E-state index >= 15 is 0 Å². The minimum absolute atomic E-state index is 0.550. The number of oxime groups is 1. The van der Waals surface area contributed by atoms with Gasteiger partial charge in [0.25, 0.3) is 5.91 Å². The normalized spacial score (nSPS) is 12.6. The molecular weight excluding hydrogens is 264 g/mol. The van der Waals surface area contributed by atoms with Gasteiger partial charge in [0, 0.05) is 11.1 Å². The zero-order valence-corrected chi connectivity index (χ0v) is 12.0. The third-order valence-electron chi connectivity index (χ3n) is 3.61. The van der Waals surface area contributed by atoms with Crippen LogP contribution in [0.5, 0.6) is 0 Å². The van der Waals surface area contributed by atoms with Gasteiger partial charge in [-0.1, -0.05) is 53.7 Å². The first-order valence-electron chi connectivity index (χ1n) is 6.76. The lowest BCUT2D eigenvalue weighted by atomic mass is 10.1. The summed E-state index contributed by atoms with van der Waals surface area (Å²) in [6.07, 6.45) is 0. The maximum atomic E-state index is 11.3. The number of carbonyl (C=O) groups is 1. The number of benzene rings is 2. The van der Waals surface area contributed by atoms with E-state index in [4.69, 9.17) is 10.6 Å². The standard InChI is InChI=1S/C17H16N2O2/c1-17(2,16(18)20)21-19-15-13-9-5-3-7-11(13)12-8-4-6-10-14(12)15/h3-10H,1-2H3,(H2,18,20). The van der Waals surface area contributed by atoms with Gasteiger partial charge in [0.1, 0.15) is 5.71 Å². The van der Waals surface area contributed by atoms with Crippen LogP contribution in [0, 0.1) is 0 Å². The largest absolute Gasteiger partial charge is 0.379 e. The fourth-order valence-electron chi connectivity index (χ4n) is 2.30. The van der Waals surface area contributed by atoms with Gasteiger partial charge in [0.15, 0.2) is 0 Å². The van der Waals surface area contributed by atoms with Gasteiger partial charge in [-0.2, -0.15) is 0 Å². The van der Waals surface area contributed by atoms with Gasteiger partial charge in [-0.25, -0.2) is 0 Å². The van der Waals surface area contributed by atoms with E-state index in [1.165, 1.54) is 0 Å². The number of carbonyl (C=O) groups excluding carboxylic acids is 1. The summed E-state index contributed by atoms with van der Waals surface area (Å²) >= 11 is 0. The van der Waals surface area contributed by atoms with Gasteiger partial charge in [0.2, 0.25) is 5.60 Å². The summed E-state index contributed by atoms with van der Waals surface area (Å²) in [5.41, 5.74) is 9.14. The lowest BCUT2D eigenvalue weighted by Crippen LogP contribution is -2.39. The summed E-state index contributed by atoms with van der Waals surface area (Å²) in [5, 5.41) is 4.21. The zero-order valence-electron chi connectivity index (χ0n) is 12.0. The fraction of sp³-hybridized carbons (Fsp3) is 0.176. The van der Waals surface area contributed by atoms with Crippen LogP contribution in [0.25, 0.3) is 11.1 Å². The Morgan fingerprint density at radius 1 is 0.952 bits per heavy atom. The number of rotatable bonds is 3. The monoisotopic (exact) mass is 280 g/mol. The van der Waals surface area contributed by atoms with Crippen molar-refractivity contribution in [3.8, 4) is 11.1 Å². The number of hydrogen-bond donors (Lipinski definition) is 1. The molecule has 0 unspecified atom stereocenters. The van der Waals surface area contributed by atoms with Crippen LogP contribution in [-0.4, -0.2) is 17.2 Å². The van der Waals surface area contributed by atoms with Gasteiger partial charge < -0.3 is 10.6 Å². The van der Waals surface area contributed by atoms with Crippen LogP contribution < -0.4 is 5.73 Å². The third kappa shape index (κ3) is 2.18. The molecule has 3 rings (SSSR count). The highest BCUT2D eigenvalue weighted by molar-refractivity contribution is 6.24. The fourth-order valence-corrected chi connectivity index (χ4v) is 2.30. The predicted octanol–water partition coefficient (Wildman–Crippen LogP) is 2.70. The van der Waals surface area contributed by atoms with Gasteiger partial charge in [0.05, 0.1) is 0 Å². The molecule has 0 atom stereocenters. The van der Waals surface area contributed by atoms with Crippen LogP contribution in [0.2, 0.25) is 0 Å². The summed E-state index contributed by atoms with van der Waals surface area (Å²) in [5.74, 6) is -0.550. The first-order valence-corrected chi connectivity index (χ1v) is 6.76. The van der Waals surface area contributed by atoms with E-state index in [1.54, 1.807) is 13.8 Å². The average Bonchev–Trinajstić information content (AvgIpc) is 2.79. The number of nitrogens with two attached hydrogens (primary N) is 1. The van der Waals surface area contributed by atoms with Crippen LogP contribution in [0.4, 0.5) is 0 Å². The van der Waals surface area contributed by atoms with E-state index in [9.17, 15) is 4.79 Å². The van der Waals surface area contributed by atoms with Crippen LogP contribution in [-0.2, 0) is 9.63 Å². The Hall–Kier alpha value is -2.62. The quantitative estimate of drug-likeness (QED) is 0.750. The highest BCUT2D eigenvalue weighted by atomic mass is 16.7. The van der Waals surface area contributed by atoms with Crippen molar-refractivity contribution in [1.29, 1.82) is 0 Å². The Bertz CT molecular complexity index is 700. The molecule has 0 fully saturated rings. The molecule has 0 bridgehead atoms. The highest BCUT2D eigenvalue weighted by Crippen LogP contribution is 2.36. The molecular formula is C17H16N2O2. The van der Waals surface area contributed by atoms with Crippen molar-refractivity contribution in [3.63, 3.8) is 0 Å². The minimum atomic E-state index is -1.14. The molecule has 1 aliphatic carbocycles. The average molecular weight is 280 g/mol. The number of hydrogen-bond acceptors (Lipinski definition) is 3. The van der Waals surface area contributed by atoms with E-state index in [1.807, 2.05) is 36.4 Å². The Labute approximate surface area is 123 Å². The van der Waals surface area contributed by atoms with Crippen molar-refractivity contribution in [3.05, 3.63) is 59.7 Å². The first-order chi connectivity index (χ1) is 10.0. The summed E-state index contributed by atoms with van der Waals surface area (Å²) in [6, 6.07) is 16.0. The molecule has 2 N–H and O–H groups in total. The van der Waals surface area contributed by atoms with Gasteiger partial charge >= 0.3 is 0 Å². The second-order valence-corrected chi connectivity index (χ2v) is 5.50. The highest BCUT2D eigenvalue weighted by Gasteiger charge is 2.30. The van der Waals surface area contributed by atoms with Crippen molar-refractivity contribution < 1.29 is 9.63 Å². The number of primary amides is 1. The topological polar surface area (TPSA) is 64.7 Å².